The first kappa shape index (κ1) is 19.9. The molecule has 1 heterocycles. The maximum Gasteiger partial charge on any atom is 0.410 e. The minimum absolute atomic E-state index is 0.290. The quantitative estimate of drug-likeness (QED) is 0.883. The van der Waals surface area contributed by atoms with E-state index in [0.717, 1.165) is 0 Å². The maximum absolute atomic E-state index is 12.2. The number of amides is 1. The Morgan fingerprint density at radius 2 is 1.54 bits per heavy atom. The molecule has 1 fully saturated rings. The number of carbonyl (C=O) groups is 2. The van der Waals surface area contributed by atoms with Crippen LogP contribution in [0.25, 0.3) is 0 Å². The molecule has 7 heteroatoms. The highest BCUT2D eigenvalue weighted by atomic mass is 16.6. The van der Waals surface area contributed by atoms with E-state index in [4.69, 9.17) is 14.2 Å². The Morgan fingerprint density at radius 1 is 1.04 bits per heavy atom. The zero-order valence-corrected chi connectivity index (χ0v) is 16.0. The highest BCUT2D eigenvalue weighted by Gasteiger charge is 2.45. The fourth-order valence-electron chi connectivity index (χ4n) is 3.11. The molecule has 0 radical (unpaired) electrons. The van der Waals surface area contributed by atoms with Gasteiger partial charge in [-0.3, -0.25) is 4.79 Å². The third-order valence-electron chi connectivity index (χ3n) is 4.58. The molecule has 0 unspecified atom stereocenters. The Morgan fingerprint density at radius 3 is 1.92 bits per heavy atom. The Kier molecular flexibility index (Phi) is 5.68. The number of likely N-dealkylation sites (tertiary alicyclic amines) is 1. The zero-order valence-electron chi connectivity index (χ0n) is 16.0. The lowest BCUT2D eigenvalue weighted by Crippen LogP contribution is -2.50. The lowest BCUT2D eigenvalue weighted by molar-refractivity contribution is -0.146. The molecule has 1 aliphatic rings. The third kappa shape index (κ3) is 4.20. The molecule has 1 saturated heterocycles. The van der Waals surface area contributed by atoms with Crippen molar-refractivity contribution in [2.75, 3.05) is 27.3 Å². The van der Waals surface area contributed by atoms with E-state index in [9.17, 15) is 14.7 Å². The summed E-state index contributed by atoms with van der Waals surface area (Å²) in [6, 6.07) is 5.15. The molecule has 0 saturated carbocycles. The monoisotopic (exact) mass is 365 g/mol. The van der Waals surface area contributed by atoms with E-state index in [1.54, 1.807) is 43.9 Å². The van der Waals surface area contributed by atoms with Gasteiger partial charge in [0.15, 0.2) is 0 Å². The third-order valence-corrected chi connectivity index (χ3v) is 4.58. The summed E-state index contributed by atoms with van der Waals surface area (Å²) in [5, 5.41) is 9.96. The maximum atomic E-state index is 12.2. The van der Waals surface area contributed by atoms with Gasteiger partial charge in [-0.05, 0) is 51.3 Å². The van der Waals surface area contributed by atoms with Crippen molar-refractivity contribution in [3.8, 4) is 11.5 Å². The van der Waals surface area contributed by atoms with E-state index >= 15 is 0 Å². The Balaban J connectivity index is 2.26. The topological polar surface area (TPSA) is 85.3 Å². The molecule has 1 N–H and O–H groups in total. The van der Waals surface area contributed by atoms with E-state index in [1.165, 1.54) is 14.2 Å². The summed E-state index contributed by atoms with van der Waals surface area (Å²) in [5.41, 5.74) is -1.07. The van der Waals surface area contributed by atoms with Crippen molar-refractivity contribution < 1.29 is 28.9 Å². The van der Waals surface area contributed by atoms with Gasteiger partial charge in [-0.1, -0.05) is 0 Å². The molecule has 1 aliphatic heterocycles. The summed E-state index contributed by atoms with van der Waals surface area (Å²) < 4.78 is 15.9. The molecule has 0 atom stereocenters. The second-order valence-electron chi connectivity index (χ2n) is 7.46. The predicted octanol–water partition coefficient (Wildman–Crippen LogP) is 3.06. The fourth-order valence-corrected chi connectivity index (χ4v) is 3.11. The van der Waals surface area contributed by atoms with Crippen LogP contribution in [-0.4, -0.2) is 55.0 Å². The molecule has 0 spiro atoms. The lowest BCUT2D eigenvalue weighted by atomic mass is 9.72. The number of rotatable bonds is 4. The van der Waals surface area contributed by atoms with Crippen LogP contribution in [0, 0.1) is 0 Å². The standard InChI is InChI=1S/C19H27NO6/c1-18(2,3)26-17(23)20-8-6-19(7-9-20,16(21)22)13-10-14(24-4)12-15(11-13)25-5/h10-12H,6-9H2,1-5H3,(H,21,22). The highest BCUT2D eigenvalue weighted by Crippen LogP contribution is 2.39. The Hall–Kier alpha value is -2.44. The number of hydrogen-bond acceptors (Lipinski definition) is 5. The predicted molar refractivity (Wildman–Crippen MR) is 95.9 cm³/mol. The van der Waals surface area contributed by atoms with Crippen molar-refractivity contribution in [2.24, 2.45) is 0 Å². The van der Waals surface area contributed by atoms with E-state index in [1.807, 2.05) is 0 Å². The Bertz CT molecular complexity index is 649. The minimum atomic E-state index is -1.10. The van der Waals surface area contributed by atoms with Crippen LogP contribution < -0.4 is 9.47 Å². The zero-order chi connectivity index (χ0) is 19.5. The molecule has 7 nitrogen and oxygen atoms in total. The van der Waals surface area contributed by atoms with Crippen molar-refractivity contribution in [3.63, 3.8) is 0 Å². The lowest BCUT2D eigenvalue weighted by Gasteiger charge is -2.39. The number of carbonyl (C=O) groups excluding carboxylic acids is 1. The van der Waals surface area contributed by atoms with Gasteiger partial charge in [0.2, 0.25) is 0 Å². The van der Waals surface area contributed by atoms with Crippen LogP contribution in [0.5, 0.6) is 11.5 Å². The van der Waals surface area contributed by atoms with Crippen molar-refractivity contribution in [3.05, 3.63) is 23.8 Å². The summed E-state index contributed by atoms with van der Waals surface area (Å²) in [5.74, 6) is 0.153. The van der Waals surface area contributed by atoms with Crippen LogP contribution in [0.1, 0.15) is 39.2 Å². The van der Waals surface area contributed by atoms with Crippen LogP contribution in [0.15, 0.2) is 18.2 Å². The number of hydrogen-bond donors (Lipinski definition) is 1. The molecule has 2 rings (SSSR count). The molecule has 0 bridgehead atoms. The number of methoxy groups -OCH3 is 2. The van der Waals surface area contributed by atoms with E-state index < -0.39 is 23.1 Å². The van der Waals surface area contributed by atoms with Gasteiger partial charge < -0.3 is 24.2 Å². The van der Waals surface area contributed by atoms with E-state index in [0.29, 0.717) is 30.2 Å². The molecule has 1 aromatic rings. The number of carboxylic acid groups (broad SMARTS) is 1. The molecular formula is C19H27NO6. The molecule has 144 valence electrons. The number of nitrogens with zero attached hydrogens (tertiary/aromatic N) is 1. The van der Waals surface area contributed by atoms with Crippen LogP contribution in [-0.2, 0) is 14.9 Å². The first-order chi connectivity index (χ1) is 12.1. The average molecular weight is 365 g/mol. The average Bonchev–Trinajstić information content (AvgIpc) is 2.59. The van der Waals surface area contributed by atoms with E-state index in [-0.39, 0.29) is 12.8 Å². The molecular weight excluding hydrogens is 338 g/mol. The van der Waals surface area contributed by atoms with Crippen LogP contribution in [0.4, 0.5) is 4.79 Å². The number of piperidine rings is 1. The van der Waals surface area contributed by atoms with Gasteiger partial charge in [0, 0.05) is 19.2 Å². The molecule has 0 aliphatic carbocycles. The van der Waals surface area contributed by atoms with Gasteiger partial charge in [0.05, 0.1) is 19.6 Å². The minimum Gasteiger partial charge on any atom is -0.497 e. The van der Waals surface area contributed by atoms with Gasteiger partial charge in [-0.2, -0.15) is 0 Å². The summed E-state index contributed by atoms with van der Waals surface area (Å²) in [6.07, 6.45) is 0.162. The Labute approximate surface area is 153 Å². The largest absolute Gasteiger partial charge is 0.497 e. The summed E-state index contributed by atoms with van der Waals surface area (Å²) in [7, 11) is 3.05. The fraction of sp³-hybridized carbons (Fsp3) is 0.579. The van der Waals surface area contributed by atoms with Gasteiger partial charge in [-0.15, -0.1) is 0 Å². The SMILES string of the molecule is COc1cc(OC)cc(C2(C(=O)O)CCN(C(=O)OC(C)(C)C)CC2)c1. The highest BCUT2D eigenvalue weighted by molar-refractivity contribution is 5.82. The first-order valence-corrected chi connectivity index (χ1v) is 8.56. The molecule has 26 heavy (non-hydrogen) atoms. The van der Waals surface area contributed by atoms with Crippen molar-refractivity contribution in [2.45, 2.75) is 44.6 Å². The number of aliphatic carboxylic acids is 1. The van der Waals surface area contributed by atoms with Gasteiger partial charge in [0.25, 0.3) is 0 Å². The number of carboxylic acids is 1. The first-order valence-electron chi connectivity index (χ1n) is 8.56. The van der Waals surface area contributed by atoms with Crippen LogP contribution in [0.2, 0.25) is 0 Å². The molecule has 1 amide bonds. The second kappa shape index (κ2) is 7.43. The molecule has 1 aromatic carbocycles. The molecule has 0 aromatic heterocycles. The summed E-state index contributed by atoms with van der Waals surface area (Å²) in [6.45, 7) is 6.03. The number of benzene rings is 1. The van der Waals surface area contributed by atoms with Gasteiger partial charge in [-0.25, -0.2) is 4.79 Å². The van der Waals surface area contributed by atoms with Crippen LogP contribution in [0.3, 0.4) is 0 Å². The normalized spacial score (nSPS) is 16.7. The van der Waals surface area contributed by atoms with Gasteiger partial charge >= 0.3 is 12.1 Å². The summed E-state index contributed by atoms with van der Waals surface area (Å²) in [4.78, 5) is 26.0. The van der Waals surface area contributed by atoms with Crippen molar-refractivity contribution in [1.29, 1.82) is 0 Å². The van der Waals surface area contributed by atoms with Crippen LogP contribution >= 0.6 is 0 Å². The van der Waals surface area contributed by atoms with E-state index in [2.05, 4.69) is 0 Å². The van der Waals surface area contributed by atoms with Gasteiger partial charge in [0.1, 0.15) is 17.1 Å². The summed E-state index contributed by atoms with van der Waals surface area (Å²) >= 11 is 0. The van der Waals surface area contributed by atoms with Crippen molar-refractivity contribution in [1.82, 2.24) is 4.90 Å². The van der Waals surface area contributed by atoms with Crippen molar-refractivity contribution >= 4 is 12.1 Å². The smallest absolute Gasteiger partial charge is 0.410 e. The second-order valence-corrected chi connectivity index (χ2v) is 7.46. The number of ether oxygens (including phenoxy) is 3.